The van der Waals surface area contributed by atoms with Crippen LogP contribution in [-0.2, 0) is 17.9 Å². The molecule has 112 valence electrons. The first-order valence-electron chi connectivity index (χ1n) is 6.72. The van der Waals surface area contributed by atoms with Crippen LogP contribution >= 0.6 is 0 Å². The third kappa shape index (κ3) is 4.10. The van der Waals surface area contributed by atoms with Crippen molar-refractivity contribution in [3.05, 3.63) is 29.1 Å². The van der Waals surface area contributed by atoms with Gasteiger partial charge < -0.3 is 20.1 Å². The van der Waals surface area contributed by atoms with E-state index in [-0.39, 0.29) is 12.6 Å². The number of hydrogen-bond acceptors (Lipinski definition) is 3. The van der Waals surface area contributed by atoms with Crippen LogP contribution in [0.3, 0.4) is 0 Å². The average Bonchev–Trinajstić information content (AvgIpc) is 2.49. The highest BCUT2D eigenvalue weighted by atomic mass is 19.1. The van der Waals surface area contributed by atoms with E-state index in [0.29, 0.717) is 49.1 Å². The molecule has 0 spiro atoms. The van der Waals surface area contributed by atoms with E-state index in [0.717, 1.165) is 0 Å². The van der Waals surface area contributed by atoms with Crippen LogP contribution in [0, 0.1) is 18.2 Å². The van der Waals surface area contributed by atoms with Crippen molar-refractivity contribution >= 4 is 5.96 Å². The lowest BCUT2D eigenvalue weighted by molar-refractivity contribution is -0.0172. The summed E-state index contributed by atoms with van der Waals surface area (Å²) in [5.41, 5.74) is 1.39. The van der Waals surface area contributed by atoms with E-state index in [9.17, 15) is 4.39 Å². The van der Waals surface area contributed by atoms with Gasteiger partial charge in [0.15, 0.2) is 12.8 Å². The van der Waals surface area contributed by atoms with Crippen LogP contribution < -0.4 is 15.4 Å². The van der Waals surface area contributed by atoms with Crippen LogP contribution in [0.1, 0.15) is 18.1 Å². The maximum atomic E-state index is 13.6. The predicted octanol–water partition coefficient (Wildman–Crippen LogP) is 1.38. The molecule has 2 rings (SSSR count). The van der Waals surface area contributed by atoms with Gasteiger partial charge in [-0.25, -0.2) is 9.38 Å². The third-order valence-corrected chi connectivity index (χ3v) is 2.86. The number of aliphatic imine (C=N–C) groups is 1. The summed E-state index contributed by atoms with van der Waals surface area (Å²) in [6, 6.07) is 2.85. The lowest BCUT2D eigenvalue weighted by atomic mass is 10.1. The van der Waals surface area contributed by atoms with Gasteiger partial charge in [-0.1, -0.05) is 5.92 Å². The Kier molecular flexibility index (Phi) is 5.41. The highest BCUT2D eigenvalue weighted by molar-refractivity contribution is 5.80. The van der Waals surface area contributed by atoms with Gasteiger partial charge in [-0.3, -0.25) is 0 Å². The molecule has 0 bridgehead atoms. The standard InChI is InChI=1S/C15H18FN3O2/c1-3-5-18-15(17-4-2)19-8-11-6-13(16)7-12-9-20-10-21-14(11)12/h1,6-7H,4-5,8-10H2,2H3,(H2,17,18,19). The molecule has 1 heterocycles. The lowest BCUT2D eigenvalue weighted by Gasteiger charge is -2.20. The second kappa shape index (κ2) is 7.50. The van der Waals surface area contributed by atoms with Crippen LogP contribution in [0.15, 0.2) is 17.1 Å². The van der Waals surface area contributed by atoms with E-state index in [1.165, 1.54) is 12.1 Å². The minimum absolute atomic E-state index is 0.171. The van der Waals surface area contributed by atoms with Crippen molar-refractivity contribution in [3.8, 4) is 18.1 Å². The number of nitrogens with zero attached hydrogens (tertiary/aromatic N) is 1. The van der Waals surface area contributed by atoms with Gasteiger partial charge in [-0.05, 0) is 19.1 Å². The lowest BCUT2D eigenvalue weighted by Crippen LogP contribution is -2.37. The molecule has 5 nitrogen and oxygen atoms in total. The van der Waals surface area contributed by atoms with Gasteiger partial charge in [0, 0.05) is 17.7 Å². The van der Waals surface area contributed by atoms with Crippen molar-refractivity contribution in [3.63, 3.8) is 0 Å². The van der Waals surface area contributed by atoms with E-state index in [1.54, 1.807) is 0 Å². The monoisotopic (exact) mass is 291 g/mol. The Bertz CT molecular complexity index is 567. The van der Waals surface area contributed by atoms with Gasteiger partial charge >= 0.3 is 0 Å². The number of ether oxygens (including phenoxy) is 2. The summed E-state index contributed by atoms with van der Waals surface area (Å²) in [5, 5.41) is 6.05. The summed E-state index contributed by atoms with van der Waals surface area (Å²) in [6.07, 6.45) is 5.21. The van der Waals surface area contributed by atoms with Gasteiger partial charge in [-0.15, -0.1) is 6.42 Å². The largest absolute Gasteiger partial charge is 0.467 e. The van der Waals surface area contributed by atoms with E-state index >= 15 is 0 Å². The predicted molar refractivity (Wildman–Crippen MR) is 78.3 cm³/mol. The van der Waals surface area contributed by atoms with E-state index < -0.39 is 0 Å². The van der Waals surface area contributed by atoms with Crippen molar-refractivity contribution in [2.45, 2.75) is 20.1 Å². The van der Waals surface area contributed by atoms with Crippen LogP contribution in [0.2, 0.25) is 0 Å². The van der Waals surface area contributed by atoms with Gasteiger partial charge in [0.05, 0.1) is 19.7 Å². The Morgan fingerprint density at radius 1 is 1.48 bits per heavy atom. The maximum Gasteiger partial charge on any atom is 0.192 e. The first-order chi connectivity index (χ1) is 10.2. The Morgan fingerprint density at radius 2 is 2.33 bits per heavy atom. The Hall–Kier alpha value is -2.26. The molecule has 0 fully saturated rings. The minimum Gasteiger partial charge on any atom is -0.467 e. The second-order valence-corrected chi connectivity index (χ2v) is 4.42. The molecule has 1 aromatic carbocycles. The number of hydrogen-bond donors (Lipinski definition) is 2. The SMILES string of the molecule is C#CCNC(=NCc1cc(F)cc2c1OCOC2)NCC. The van der Waals surface area contributed by atoms with Gasteiger partial charge in [-0.2, -0.15) is 0 Å². The maximum absolute atomic E-state index is 13.6. The Labute approximate surface area is 123 Å². The first-order valence-corrected chi connectivity index (χ1v) is 6.72. The molecular formula is C15H18FN3O2. The van der Waals surface area contributed by atoms with Crippen LogP contribution in [0.4, 0.5) is 4.39 Å². The zero-order chi connectivity index (χ0) is 15.1. The van der Waals surface area contributed by atoms with E-state index in [1.807, 2.05) is 6.92 Å². The summed E-state index contributed by atoms with van der Waals surface area (Å²) in [5.74, 6) is 3.39. The van der Waals surface area contributed by atoms with E-state index in [4.69, 9.17) is 15.9 Å². The zero-order valence-electron chi connectivity index (χ0n) is 11.9. The smallest absolute Gasteiger partial charge is 0.192 e. The second-order valence-electron chi connectivity index (χ2n) is 4.42. The first kappa shape index (κ1) is 15.1. The van der Waals surface area contributed by atoms with Crippen molar-refractivity contribution in [1.29, 1.82) is 0 Å². The fourth-order valence-corrected chi connectivity index (χ4v) is 2.01. The number of rotatable bonds is 4. The molecule has 1 aromatic rings. The molecule has 1 aliphatic heterocycles. The van der Waals surface area contributed by atoms with Gasteiger partial charge in [0.25, 0.3) is 0 Å². The normalized spacial score (nSPS) is 13.9. The number of terminal acetylenes is 1. The summed E-state index contributed by atoms with van der Waals surface area (Å²) in [7, 11) is 0. The molecule has 2 N–H and O–H groups in total. The molecule has 6 heteroatoms. The number of fused-ring (bicyclic) bond motifs is 1. The summed E-state index contributed by atoms with van der Waals surface area (Å²) in [6.45, 7) is 3.85. The summed E-state index contributed by atoms with van der Waals surface area (Å²) in [4.78, 5) is 4.38. The topological polar surface area (TPSA) is 54.9 Å². The van der Waals surface area contributed by atoms with Crippen molar-refractivity contribution in [1.82, 2.24) is 10.6 Å². The quantitative estimate of drug-likeness (QED) is 0.500. The fraction of sp³-hybridized carbons (Fsp3) is 0.400. The summed E-state index contributed by atoms with van der Waals surface area (Å²) < 4.78 is 24.2. The minimum atomic E-state index is -0.324. The molecule has 0 atom stereocenters. The molecule has 0 aliphatic carbocycles. The molecule has 1 aliphatic rings. The highest BCUT2D eigenvalue weighted by Crippen LogP contribution is 2.29. The molecule has 0 amide bonds. The third-order valence-electron chi connectivity index (χ3n) is 2.86. The number of benzene rings is 1. The van der Waals surface area contributed by atoms with Crippen molar-refractivity contribution < 1.29 is 13.9 Å². The molecule has 0 radical (unpaired) electrons. The Morgan fingerprint density at radius 3 is 3.10 bits per heavy atom. The number of nitrogens with one attached hydrogen (secondary N) is 2. The fourth-order valence-electron chi connectivity index (χ4n) is 2.01. The zero-order valence-corrected chi connectivity index (χ0v) is 11.9. The highest BCUT2D eigenvalue weighted by Gasteiger charge is 2.16. The van der Waals surface area contributed by atoms with Crippen LogP contribution in [0.5, 0.6) is 5.75 Å². The van der Waals surface area contributed by atoms with Crippen LogP contribution in [0.25, 0.3) is 0 Å². The molecular weight excluding hydrogens is 273 g/mol. The molecule has 0 aromatic heterocycles. The van der Waals surface area contributed by atoms with Crippen LogP contribution in [-0.4, -0.2) is 25.8 Å². The van der Waals surface area contributed by atoms with Crippen molar-refractivity contribution in [2.24, 2.45) is 4.99 Å². The van der Waals surface area contributed by atoms with Crippen molar-refractivity contribution in [2.75, 3.05) is 19.9 Å². The number of halogens is 1. The molecule has 0 unspecified atom stereocenters. The molecule has 21 heavy (non-hydrogen) atoms. The summed E-state index contributed by atoms with van der Waals surface area (Å²) >= 11 is 0. The number of guanidine groups is 1. The molecule has 0 saturated heterocycles. The van der Waals surface area contributed by atoms with Gasteiger partial charge in [0.2, 0.25) is 0 Å². The van der Waals surface area contributed by atoms with E-state index in [2.05, 4.69) is 21.5 Å². The Balaban J connectivity index is 2.18. The average molecular weight is 291 g/mol. The molecule has 0 saturated carbocycles. The van der Waals surface area contributed by atoms with Gasteiger partial charge in [0.1, 0.15) is 11.6 Å².